The highest BCUT2D eigenvalue weighted by Crippen LogP contribution is 2.30. The van der Waals surface area contributed by atoms with Crippen LogP contribution in [0.3, 0.4) is 0 Å². The molecular weight excluding hydrogens is 377 g/mol. The minimum Gasteiger partial charge on any atom is -0.481 e. The van der Waals surface area contributed by atoms with Crippen LogP contribution in [0.5, 0.6) is 5.75 Å². The van der Waals surface area contributed by atoms with Crippen molar-refractivity contribution in [1.82, 2.24) is 0 Å². The van der Waals surface area contributed by atoms with E-state index < -0.39 is 18.0 Å². The molecule has 138 valence electrons. The van der Waals surface area contributed by atoms with E-state index in [1.807, 2.05) is 32.0 Å². The fourth-order valence-electron chi connectivity index (χ4n) is 2.28. The molecule has 1 amide bonds. The standard InChI is InChI=1S/C19H19Cl2NO4/c1-11-6-4-7-12(2)18(11)25-10-16(23)26-13(3)19(24)22-17-14(20)8-5-9-15(17)21/h4-9,13H,10H2,1-3H3,(H,22,24)/t13-/m1/s1. The second kappa shape index (κ2) is 8.92. The summed E-state index contributed by atoms with van der Waals surface area (Å²) < 4.78 is 10.6. The van der Waals surface area contributed by atoms with Crippen LogP contribution in [0.15, 0.2) is 36.4 Å². The molecule has 0 aliphatic rings. The fraction of sp³-hybridized carbons (Fsp3) is 0.263. The lowest BCUT2D eigenvalue weighted by atomic mass is 10.1. The molecule has 1 atom stereocenters. The Balaban J connectivity index is 1.91. The number of halogens is 2. The van der Waals surface area contributed by atoms with Crippen LogP contribution >= 0.6 is 23.2 Å². The molecule has 0 heterocycles. The minimum absolute atomic E-state index is 0.274. The highest BCUT2D eigenvalue weighted by molar-refractivity contribution is 6.39. The van der Waals surface area contributed by atoms with Gasteiger partial charge in [-0.2, -0.15) is 0 Å². The number of hydrogen-bond donors (Lipinski definition) is 1. The number of nitrogens with one attached hydrogen (secondary N) is 1. The van der Waals surface area contributed by atoms with Gasteiger partial charge >= 0.3 is 5.97 Å². The number of anilines is 1. The molecule has 0 radical (unpaired) electrons. The molecule has 26 heavy (non-hydrogen) atoms. The van der Waals surface area contributed by atoms with Crippen molar-refractivity contribution in [3.63, 3.8) is 0 Å². The number of benzene rings is 2. The van der Waals surface area contributed by atoms with E-state index in [-0.39, 0.29) is 12.3 Å². The first kappa shape index (κ1) is 20.1. The monoisotopic (exact) mass is 395 g/mol. The predicted octanol–water partition coefficient (Wildman–Crippen LogP) is 4.56. The third kappa shape index (κ3) is 5.13. The van der Waals surface area contributed by atoms with Crippen LogP contribution in [-0.2, 0) is 14.3 Å². The van der Waals surface area contributed by atoms with Gasteiger partial charge in [0.05, 0.1) is 15.7 Å². The number of rotatable bonds is 6. The molecule has 1 N–H and O–H groups in total. The van der Waals surface area contributed by atoms with Crippen LogP contribution in [0.25, 0.3) is 0 Å². The SMILES string of the molecule is Cc1cccc(C)c1OCC(=O)O[C@H](C)C(=O)Nc1c(Cl)cccc1Cl. The third-order valence-corrected chi connectivity index (χ3v) is 4.26. The highest BCUT2D eigenvalue weighted by Gasteiger charge is 2.20. The number of esters is 1. The zero-order valence-electron chi connectivity index (χ0n) is 14.6. The summed E-state index contributed by atoms with van der Waals surface area (Å²) in [5, 5.41) is 3.14. The van der Waals surface area contributed by atoms with Crippen molar-refractivity contribution in [1.29, 1.82) is 0 Å². The Hall–Kier alpha value is -2.24. The van der Waals surface area contributed by atoms with E-state index in [1.54, 1.807) is 18.2 Å². The normalized spacial score (nSPS) is 11.6. The highest BCUT2D eigenvalue weighted by atomic mass is 35.5. The number of hydrogen-bond acceptors (Lipinski definition) is 4. The van der Waals surface area contributed by atoms with Gasteiger partial charge in [0, 0.05) is 0 Å². The maximum atomic E-state index is 12.2. The Kier molecular flexibility index (Phi) is 6.89. The molecule has 2 aromatic carbocycles. The summed E-state index contributed by atoms with van der Waals surface area (Å²) in [5.41, 5.74) is 2.10. The number of ether oxygens (including phenoxy) is 2. The molecule has 0 saturated heterocycles. The van der Waals surface area contributed by atoms with Gasteiger partial charge in [-0.15, -0.1) is 0 Å². The van der Waals surface area contributed by atoms with Crippen LogP contribution in [0.4, 0.5) is 5.69 Å². The largest absolute Gasteiger partial charge is 0.481 e. The molecule has 0 bridgehead atoms. The van der Waals surface area contributed by atoms with Crippen molar-refractivity contribution < 1.29 is 19.1 Å². The number of para-hydroxylation sites is 2. The molecule has 0 saturated carbocycles. The quantitative estimate of drug-likeness (QED) is 0.728. The molecule has 0 spiro atoms. The maximum Gasteiger partial charge on any atom is 0.344 e. The van der Waals surface area contributed by atoms with Crippen molar-refractivity contribution in [2.24, 2.45) is 0 Å². The average Bonchev–Trinajstić information content (AvgIpc) is 2.57. The van der Waals surface area contributed by atoms with Gasteiger partial charge in [-0.3, -0.25) is 4.79 Å². The van der Waals surface area contributed by atoms with Crippen LogP contribution in [0.2, 0.25) is 10.0 Å². The summed E-state index contributed by atoms with van der Waals surface area (Å²) >= 11 is 12.0. The molecule has 2 rings (SSSR count). The van der Waals surface area contributed by atoms with Gasteiger partial charge in [0.2, 0.25) is 0 Å². The Morgan fingerprint density at radius 2 is 1.58 bits per heavy atom. The summed E-state index contributed by atoms with van der Waals surface area (Å²) in [6.07, 6.45) is -1.03. The molecule has 0 unspecified atom stereocenters. The van der Waals surface area contributed by atoms with Gasteiger partial charge in [-0.25, -0.2) is 4.79 Å². The van der Waals surface area contributed by atoms with E-state index in [1.165, 1.54) is 6.92 Å². The van der Waals surface area contributed by atoms with Crippen molar-refractivity contribution in [2.45, 2.75) is 26.9 Å². The lowest BCUT2D eigenvalue weighted by molar-refractivity contribution is -0.155. The summed E-state index contributed by atoms with van der Waals surface area (Å²) in [6.45, 7) is 4.93. The first-order chi connectivity index (χ1) is 12.3. The van der Waals surface area contributed by atoms with Gasteiger partial charge in [-0.1, -0.05) is 47.5 Å². The van der Waals surface area contributed by atoms with Crippen LogP contribution < -0.4 is 10.1 Å². The van der Waals surface area contributed by atoms with Crippen LogP contribution in [-0.4, -0.2) is 24.6 Å². The number of carbonyl (C=O) groups is 2. The van der Waals surface area contributed by atoms with E-state index in [4.69, 9.17) is 32.7 Å². The third-order valence-electron chi connectivity index (χ3n) is 3.63. The van der Waals surface area contributed by atoms with E-state index >= 15 is 0 Å². The van der Waals surface area contributed by atoms with E-state index in [9.17, 15) is 9.59 Å². The average molecular weight is 396 g/mol. The van der Waals surface area contributed by atoms with Crippen LogP contribution in [0.1, 0.15) is 18.1 Å². The van der Waals surface area contributed by atoms with Gasteiger partial charge in [0.1, 0.15) is 5.75 Å². The predicted molar refractivity (Wildman–Crippen MR) is 102 cm³/mol. The molecule has 0 aliphatic carbocycles. The van der Waals surface area contributed by atoms with Gasteiger partial charge in [0.25, 0.3) is 5.91 Å². The Labute approximate surface area is 162 Å². The Bertz CT molecular complexity index is 783. The lowest BCUT2D eigenvalue weighted by Crippen LogP contribution is -2.32. The van der Waals surface area contributed by atoms with Gasteiger partial charge in [0.15, 0.2) is 12.7 Å². The molecule has 2 aromatic rings. The second-order valence-corrected chi connectivity index (χ2v) is 6.54. The molecule has 7 heteroatoms. The van der Waals surface area contributed by atoms with Crippen molar-refractivity contribution >= 4 is 40.8 Å². The zero-order valence-corrected chi connectivity index (χ0v) is 16.1. The van der Waals surface area contributed by atoms with E-state index in [0.29, 0.717) is 15.8 Å². The summed E-state index contributed by atoms with van der Waals surface area (Å²) in [4.78, 5) is 24.1. The molecule has 0 aromatic heterocycles. The number of amides is 1. The summed E-state index contributed by atoms with van der Waals surface area (Å²) in [5.74, 6) is -0.564. The summed E-state index contributed by atoms with van der Waals surface area (Å²) in [6, 6.07) is 10.5. The van der Waals surface area contributed by atoms with Crippen molar-refractivity contribution in [2.75, 3.05) is 11.9 Å². The Morgan fingerprint density at radius 1 is 1.04 bits per heavy atom. The van der Waals surface area contributed by atoms with Crippen LogP contribution in [0, 0.1) is 13.8 Å². The zero-order chi connectivity index (χ0) is 19.3. The van der Waals surface area contributed by atoms with Gasteiger partial charge < -0.3 is 14.8 Å². The fourth-order valence-corrected chi connectivity index (χ4v) is 2.78. The maximum absolute atomic E-state index is 12.2. The summed E-state index contributed by atoms with van der Waals surface area (Å²) in [7, 11) is 0. The van der Waals surface area contributed by atoms with Crippen molar-refractivity contribution in [3.8, 4) is 5.75 Å². The van der Waals surface area contributed by atoms with E-state index in [2.05, 4.69) is 5.32 Å². The smallest absolute Gasteiger partial charge is 0.344 e. The first-order valence-corrected chi connectivity index (χ1v) is 8.68. The molecule has 5 nitrogen and oxygen atoms in total. The lowest BCUT2D eigenvalue weighted by Gasteiger charge is -2.16. The molecular formula is C19H19Cl2NO4. The second-order valence-electron chi connectivity index (χ2n) is 5.73. The van der Waals surface area contributed by atoms with E-state index in [0.717, 1.165) is 11.1 Å². The first-order valence-electron chi connectivity index (χ1n) is 7.93. The van der Waals surface area contributed by atoms with Gasteiger partial charge in [-0.05, 0) is 44.0 Å². The van der Waals surface area contributed by atoms with Crippen molar-refractivity contribution in [3.05, 3.63) is 57.6 Å². The molecule has 0 aliphatic heterocycles. The molecule has 0 fully saturated rings. The minimum atomic E-state index is -1.03. The number of carbonyl (C=O) groups excluding carboxylic acids is 2. The number of aryl methyl sites for hydroxylation is 2. The Morgan fingerprint density at radius 3 is 2.15 bits per heavy atom. The topological polar surface area (TPSA) is 64.6 Å².